The third-order valence-corrected chi connectivity index (χ3v) is 7.34. The molecule has 3 heterocycles. The van der Waals surface area contributed by atoms with Crippen LogP contribution in [0.1, 0.15) is 22.3 Å². The zero-order chi connectivity index (χ0) is 23.7. The standard InChI is InChI=1S/C24H18ClN5O3S/c25-19-2-1-3-20(12-19)30-16-22(14-28-30)34(32,33)21-7-4-17(5-8-21)6-9-23(31)18-13-27-24-26-10-11-29(24)15-18/h1-5,7-8,10-16H,6,9H2. The second-order valence-electron chi connectivity index (χ2n) is 7.65. The lowest BCUT2D eigenvalue weighted by atomic mass is 10.0. The van der Waals surface area contributed by atoms with Gasteiger partial charge in [-0.05, 0) is 42.3 Å². The first-order valence-electron chi connectivity index (χ1n) is 10.4. The summed E-state index contributed by atoms with van der Waals surface area (Å²) in [7, 11) is -3.74. The van der Waals surface area contributed by atoms with E-state index in [0.29, 0.717) is 28.5 Å². The molecule has 0 fully saturated rings. The van der Waals surface area contributed by atoms with E-state index >= 15 is 0 Å². The summed E-state index contributed by atoms with van der Waals surface area (Å²) in [5.74, 6) is 0.486. The Morgan fingerprint density at radius 1 is 0.971 bits per heavy atom. The summed E-state index contributed by atoms with van der Waals surface area (Å²) in [6, 6.07) is 13.5. The molecule has 0 bridgehead atoms. The SMILES string of the molecule is O=C(CCc1ccc(S(=O)(=O)c2cnn(-c3cccc(Cl)c3)c2)cc1)c1cnc2nccn2c1. The summed E-state index contributed by atoms with van der Waals surface area (Å²) in [4.78, 5) is 21.0. The number of halogens is 1. The van der Waals surface area contributed by atoms with Crippen LogP contribution in [0.2, 0.25) is 5.02 Å². The van der Waals surface area contributed by atoms with Crippen molar-refractivity contribution in [1.82, 2.24) is 24.1 Å². The molecule has 5 aromatic rings. The molecule has 170 valence electrons. The van der Waals surface area contributed by atoms with Crippen molar-refractivity contribution in [3.8, 4) is 5.69 Å². The molecule has 0 saturated carbocycles. The largest absolute Gasteiger partial charge is 0.294 e. The predicted octanol–water partition coefficient (Wildman–Crippen LogP) is 4.22. The minimum absolute atomic E-state index is 0.0479. The number of aromatic nitrogens is 5. The monoisotopic (exact) mass is 491 g/mol. The average molecular weight is 492 g/mol. The maximum atomic E-state index is 13.0. The molecule has 0 aliphatic carbocycles. The third kappa shape index (κ3) is 4.35. The molecule has 0 N–H and O–H groups in total. The number of aryl methyl sites for hydroxylation is 1. The predicted molar refractivity (Wildman–Crippen MR) is 126 cm³/mol. The number of nitrogens with zero attached hydrogens (tertiary/aromatic N) is 5. The molecule has 0 aliphatic rings. The van der Waals surface area contributed by atoms with Gasteiger partial charge in [0.2, 0.25) is 15.6 Å². The van der Waals surface area contributed by atoms with Crippen molar-refractivity contribution in [2.24, 2.45) is 0 Å². The van der Waals surface area contributed by atoms with Crippen LogP contribution in [0.3, 0.4) is 0 Å². The summed E-state index contributed by atoms with van der Waals surface area (Å²) in [6.45, 7) is 0. The zero-order valence-corrected chi connectivity index (χ0v) is 19.3. The fourth-order valence-electron chi connectivity index (χ4n) is 3.54. The topological polar surface area (TPSA) is 99.2 Å². The Balaban J connectivity index is 1.28. The molecular weight excluding hydrogens is 474 g/mol. The second-order valence-corrected chi connectivity index (χ2v) is 10.0. The van der Waals surface area contributed by atoms with Crippen LogP contribution in [-0.2, 0) is 16.3 Å². The van der Waals surface area contributed by atoms with Crippen molar-refractivity contribution >= 4 is 33.0 Å². The smallest absolute Gasteiger partial charge is 0.233 e. The van der Waals surface area contributed by atoms with Gasteiger partial charge in [0.1, 0.15) is 4.90 Å². The van der Waals surface area contributed by atoms with Gasteiger partial charge in [-0.3, -0.25) is 9.20 Å². The van der Waals surface area contributed by atoms with Gasteiger partial charge in [-0.25, -0.2) is 23.1 Å². The Labute approximate surface area is 200 Å². The minimum Gasteiger partial charge on any atom is -0.294 e. The lowest BCUT2D eigenvalue weighted by Gasteiger charge is -2.05. The number of Topliss-reactive ketones (excluding diaryl/α,β-unsaturated/α-hetero) is 1. The van der Waals surface area contributed by atoms with Crippen LogP contribution in [-0.4, -0.2) is 38.4 Å². The molecule has 2 aromatic carbocycles. The van der Waals surface area contributed by atoms with Crippen LogP contribution in [0.15, 0.2) is 95.5 Å². The molecule has 0 atom stereocenters. The van der Waals surface area contributed by atoms with Crippen molar-refractivity contribution < 1.29 is 13.2 Å². The Bertz CT molecular complexity index is 1610. The third-order valence-electron chi connectivity index (χ3n) is 5.38. The van der Waals surface area contributed by atoms with Crippen molar-refractivity contribution in [3.63, 3.8) is 0 Å². The molecular formula is C24H18ClN5O3S. The number of hydrogen-bond acceptors (Lipinski definition) is 6. The lowest BCUT2D eigenvalue weighted by Crippen LogP contribution is -2.05. The molecule has 5 rings (SSSR count). The molecule has 3 aromatic heterocycles. The number of imidazole rings is 1. The van der Waals surface area contributed by atoms with E-state index in [4.69, 9.17) is 11.6 Å². The Morgan fingerprint density at radius 2 is 1.79 bits per heavy atom. The summed E-state index contributed by atoms with van der Waals surface area (Å²) in [5.41, 5.74) is 2.02. The maximum Gasteiger partial charge on any atom is 0.233 e. The van der Waals surface area contributed by atoms with Crippen LogP contribution in [0.4, 0.5) is 0 Å². The highest BCUT2D eigenvalue weighted by molar-refractivity contribution is 7.91. The van der Waals surface area contributed by atoms with Gasteiger partial charge < -0.3 is 0 Å². The van der Waals surface area contributed by atoms with E-state index in [0.717, 1.165) is 5.56 Å². The zero-order valence-electron chi connectivity index (χ0n) is 17.7. The molecule has 10 heteroatoms. The first-order chi connectivity index (χ1) is 16.4. The van der Waals surface area contributed by atoms with Gasteiger partial charge in [0.05, 0.1) is 22.3 Å². The molecule has 0 amide bonds. The molecule has 0 saturated heterocycles. The Morgan fingerprint density at radius 3 is 2.59 bits per heavy atom. The maximum absolute atomic E-state index is 13.0. The van der Waals surface area contributed by atoms with E-state index < -0.39 is 9.84 Å². The summed E-state index contributed by atoms with van der Waals surface area (Å²) in [5, 5.41) is 4.69. The second kappa shape index (κ2) is 8.85. The highest BCUT2D eigenvalue weighted by Gasteiger charge is 2.20. The minimum atomic E-state index is -3.74. The van der Waals surface area contributed by atoms with Crippen molar-refractivity contribution in [2.75, 3.05) is 0 Å². The quantitative estimate of drug-likeness (QED) is 0.316. The fourth-order valence-corrected chi connectivity index (χ4v) is 4.91. The van der Waals surface area contributed by atoms with E-state index in [-0.39, 0.29) is 22.0 Å². The van der Waals surface area contributed by atoms with Crippen LogP contribution in [0.25, 0.3) is 11.5 Å². The number of ketones is 1. The number of carbonyl (C=O) groups is 1. The highest BCUT2D eigenvalue weighted by Crippen LogP contribution is 2.23. The van der Waals surface area contributed by atoms with E-state index in [2.05, 4.69) is 15.1 Å². The molecule has 0 unspecified atom stereocenters. The van der Waals surface area contributed by atoms with Crippen LogP contribution < -0.4 is 0 Å². The molecule has 34 heavy (non-hydrogen) atoms. The van der Waals surface area contributed by atoms with Gasteiger partial charge in [-0.2, -0.15) is 5.10 Å². The summed E-state index contributed by atoms with van der Waals surface area (Å²) in [6.07, 6.45) is 10.1. The first kappa shape index (κ1) is 22.0. The number of benzene rings is 2. The fraction of sp³-hybridized carbons (Fsp3) is 0.0833. The first-order valence-corrected chi connectivity index (χ1v) is 12.2. The summed E-state index contributed by atoms with van der Waals surface area (Å²) < 4.78 is 29.3. The normalized spacial score (nSPS) is 11.7. The summed E-state index contributed by atoms with van der Waals surface area (Å²) >= 11 is 6.01. The van der Waals surface area contributed by atoms with Crippen LogP contribution >= 0.6 is 11.6 Å². The van der Waals surface area contributed by atoms with Crippen LogP contribution in [0.5, 0.6) is 0 Å². The van der Waals surface area contributed by atoms with E-state index in [1.54, 1.807) is 71.5 Å². The average Bonchev–Trinajstić information content (AvgIpc) is 3.52. The van der Waals surface area contributed by atoms with Crippen molar-refractivity contribution in [1.29, 1.82) is 0 Å². The lowest BCUT2D eigenvalue weighted by molar-refractivity contribution is 0.0982. The van der Waals surface area contributed by atoms with Gasteiger partial charge in [0.25, 0.3) is 0 Å². The molecule has 0 radical (unpaired) electrons. The Kier molecular flexibility index (Phi) is 5.72. The van der Waals surface area contributed by atoms with Gasteiger partial charge >= 0.3 is 0 Å². The van der Waals surface area contributed by atoms with Gasteiger partial charge in [0, 0.05) is 42.4 Å². The van der Waals surface area contributed by atoms with Crippen molar-refractivity contribution in [2.45, 2.75) is 22.6 Å². The van der Waals surface area contributed by atoms with E-state index in [1.807, 2.05) is 0 Å². The number of fused-ring (bicyclic) bond motifs is 1. The Hall–Kier alpha value is -3.82. The number of hydrogen-bond donors (Lipinski definition) is 0. The number of sulfone groups is 1. The molecule has 8 nitrogen and oxygen atoms in total. The van der Waals surface area contributed by atoms with Crippen LogP contribution in [0, 0.1) is 0 Å². The number of carbonyl (C=O) groups excluding carboxylic acids is 1. The van der Waals surface area contributed by atoms with Gasteiger partial charge in [-0.15, -0.1) is 0 Å². The molecule has 0 aliphatic heterocycles. The van der Waals surface area contributed by atoms with E-state index in [9.17, 15) is 13.2 Å². The van der Waals surface area contributed by atoms with E-state index in [1.165, 1.54) is 23.3 Å². The van der Waals surface area contributed by atoms with Crippen molar-refractivity contribution in [3.05, 3.63) is 102 Å². The molecule has 0 spiro atoms. The van der Waals surface area contributed by atoms with Gasteiger partial charge in [0.15, 0.2) is 5.78 Å². The number of rotatable bonds is 7. The van der Waals surface area contributed by atoms with Gasteiger partial charge in [-0.1, -0.05) is 29.8 Å². The highest BCUT2D eigenvalue weighted by atomic mass is 35.5.